The number of rotatable bonds is 3. The van der Waals surface area contributed by atoms with Gasteiger partial charge in [0.1, 0.15) is 0 Å². The highest BCUT2D eigenvalue weighted by molar-refractivity contribution is 9.09. The standard InChI is InChI=1S/C12H23BrO2S/c1-12(2,3)16(14,15)8-7-10-5-4-6-11(13)9-10/h10-11H,4-9H2,1-3H3. The monoisotopic (exact) mass is 310 g/mol. The van der Waals surface area contributed by atoms with Gasteiger partial charge >= 0.3 is 0 Å². The van der Waals surface area contributed by atoms with Gasteiger partial charge in [0, 0.05) is 4.83 Å². The predicted octanol–water partition coefficient (Wildman–Crippen LogP) is 3.54. The largest absolute Gasteiger partial charge is 0.228 e. The molecule has 2 unspecified atom stereocenters. The number of alkyl halides is 1. The Labute approximate surface area is 108 Å². The number of hydrogen-bond donors (Lipinski definition) is 0. The minimum atomic E-state index is -2.93. The molecule has 0 saturated heterocycles. The van der Waals surface area contributed by atoms with Crippen LogP contribution >= 0.6 is 15.9 Å². The fourth-order valence-corrected chi connectivity index (χ4v) is 4.22. The predicted molar refractivity (Wildman–Crippen MR) is 72.8 cm³/mol. The molecule has 1 aliphatic rings. The van der Waals surface area contributed by atoms with Crippen LogP contribution in [-0.4, -0.2) is 23.7 Å². The zero-order valence-corrected chi connectivity index (χ0v) is 12.9. The van der Waals surface area contributed by atoms with Crippen molar-refractivity contribution < 1.29 is 8.42 Å². The molecule has 1 saturated carbocycles. The summed E-state index contributed by atoms with van der Waals surface area (Å²) >= 11 is 3.64. The molecule has 4 heteroatoms. The maximum atomic E-state index is 12.0. The Bertz CT molecular complexity index is 316. The molecule has 2 atom stereocenters. The van der Waals surface area contributed by atoms with E-state index in [4.69, 9.17) is 0 Å². The molecule has 96 valence electrons. The van der Waals surface area contributed by atoms with Gasteiger partial charge in [-0.2, -0.15) is 0 Å². The van der Waals surface area contributed by atoms with Gasteiger partial charge in [-0.3, -0.25) is 0 Å². The highest BCUT2D eigenvalue weighted by atomic mass is 79.9. The molecular weight excluding hydrogens is 288 g/mol. The number of halogens is 1. The lowest BCUT2D eigenvalue weighted by molar-refractivity contribution is 0.360. The smallest absolute Gasteiger partial charge is 0.155 e. The van der Waals surface area contributed by atoms with Crippen molar-refractivity contribution in [2.45, 2.75) is 62.4 Å². The van der Waals surface area contributed by atoms with Crippen molar-refractivity contribution in [2.75, 3.05) is 5.75 Å². The minimum Gasteiger partial charge on any atom is -0.228 e. The van der Waals surface area contributed by atoms with Gasteiger partial charge in [-0.05, 0) is 46.0 Å². The Kier molecular flexibility index (Phi) is 4.88. The van der Waals surface area contributed by atoms with Crippen LogP contribution in [-0.2, 0) is 9.84 Å². The molecule has 0 aromatic heterocycles. The molecule has 1 fully saturated rings. The Morgan fingerprint density at radius 2 is 1.88 bits per heavy atom. The Hall–Kier alpha value is 0.430. The van der Waals surface area contributed by atoms with Crippen LogP contribution in [0.4, 0.5) is 0 Å². The topological polar surface area (TPSA) is 34.1 Å². The van der Waals surface area contributed by atoms with Crippen molar-refractivity contribution in [1.82, 2.24) is 0 Å². The van der Waals surface area contributed by atoms with E-state index in [-0.39, 0.29) is 0 Å². The van der Waals surface area contributed by atoms with Crippen LogP contribution in [0.5, 0.6) is 0 Å². The minimum absolute atomic E-state index is 0.348. The molecule has 0 radical (unpaired) electrons. The summed E-state index contributed by atoms with van der Waals surface area (Å²) in [6.45, 7) is 5.36. The molecule has 2 nitrogen and oxygen atoms in total. The highest BCUT2D eigenvalue weighted by Crippen LogP contribution is 2.32. The summed E-state index contributed by atoms with van der Waals surface area (Å²) in [6.07, 6.45) is 5.64. The van der Waals surface area contributed by atoms with Crippen molar-refractivity contribution in [3.8, 4) is 0 Å². The molecule has 0 aromatic rings. The average molecular weight is 311 g/mol. The molecule has 0 aromatic carbocycles. The van der Waals surface area contributed by atoms with Crippen LogP contribution in [0.2, 0.25) is 0 Å². The second kappa shape index (κ2) is 5.38. The van der Waals surface area contributed by atoms with Crippen molar-refractivity contribution in [2.24, 2.45) is 5.92 Å². The van der Waals surface area contributed by atoms with E-state index >= 15 is 0 Å². The van der Waals surface area contributed by atoms with Crippen molar-refractivity contribution in [1.29, 1.82) is 0 Å². The first kappa shape index (κ1) is 14.5. The Balaban J connectivity index is 2.46. The first-order valence-electron chi connectivity index (χ1n) is 6.09. The zero-order valence-electron chi connectivity index (χ0n) is 10.5. The lowest BCUT2D eigenvalue weighted by Crippen LogP contribution is -2.31. The van der Waals surface area contributed by atoms with E-state index in [0.717, 1.165) is 12.8 Å². The summed E-state index contributed by atoms with van der Waals surface area (Å²) in [7, 11) is -2.93. The molecular formula is C12H23BrO2S. The second-order valence-electron chi connectivity index (χ2n) is 5.85. The van der Waals surface area contributed by atoms with Crippen LogP contribution in [0.25, 0.3) is 0 Å². The molecule has 0 N–H and O–H groups in total. The zero-order chi connectivity index (χ0) is 12.4. The van der Waals surface area contributed by atoms with E-state index < -0.39 is 14.6 Å². The second-order valence-corrected chi connectivity index (χ2v) is 10.0. The van der Waals surface area contributed by atoms with E-state index in [9.17, 15) is 8.42 Å². The van der Waals surface area contributed by atoms with Gasteiger partial charge in [0.05, 0.1) is 10.5 Å². The van der Waals surface area contributed by atoms with Gasteiger partial charge in [-0.1, -0.05) is 28.8 Å². The third-order valence-electron chi connectivity index (χ3n) is 3.45. The van der Waals surface area contributed by atoms with Crippen LogP contribution < -0.4 is 0 Å². The summed E-state index contributed by atoms with van der Waals surface area (Å²) in [5.41, 5.74) is 0. The summed E-state index contributed by atoms with van der Waals surface area (Å²) < 4.78 is 23.3. The van der Waals surface area contributed by atoms with Gasteiger partial charge in [-0.25, -0.2) is 8.42 Å². The van der Waals surface area contributed by atoms with Crippen LogP contribution in [0.3, 0.4) is 0 Å². The van der Waals surface area contributed by atoms with Gasteiger partial charge in [-0.15, -0.1) is 0 Å². The van der Waals surface area contributed by atoms with Gasteiger partial charge in [0.25, 0.3) is 0 Å². The SMILES string of the molecule is CC(C)(C)S(=O)(=O)CCC1CCCC(Br)C1. The average Bonchev–Trinajstić information content (AvgIpc) is 2.13. The van der Waals surface area contributed by atoms with Crippen LogP contribution in [0, 0.1) is 5.92 Å². The number of sulfone groups is 1. The molecule has 0 spiro atoms. The van der Waals surface area contributed by atoms with E-state index in [0.29, 0.717) is 16.5 Å². The third-order valence-corrected chi connectivity index (χ3v) is 6.92. The molecule has 16 heavy (non-hydrogen) atoms. The van der Waals surface area contributed by atoms with Crippen molar-refractivity contribution >= 4 is 25.8 Å². The van der Waals surface area contributed by atoms with Crippen molar-refractivity contribution in [3.63, 3.8) is 0 Å². The van der Waals surface area contributed by atoms with Gasteiger partial charge in [0.15, 0.2) is 9.84 Å². The summed E-state index contributed by atoms with van der Waals surface area (Å²) in [5, 5.41) is 0. The molecule has 1 rings (SSSR count). The normalized spacial score (nSPS) is 28.0. The molecule has 0 amide bonds. The summed E-state index contributed by atoms with van der Waals surface area (Å²) in [6, 6.07) is 0. The number of hydrogen-bond acceptors (Lipinski definition) is 2. The molecule has 1 aliphatic carbocycles. The van der Waals surface area contributed by atoms with E-state index in [1.807, 2.05) is 0 Å². The Morgan fingerprint density at radius 1 is 1.25 bits per heavy atom. The lowest BCUT2D eigenvalue weighted by Gasteiger charge is -2.27. The van der Waals surface area contributed by atoms with E-state index in [1.54, 1.807) is 20.8 Å². The first-order chi connectivity index (χ1) is 7.22. The fraction of sp³-hybridized carbons (Fsp3) is 1.00. The van der Waals surface area contributed by atoms with Crippen LogP contribution in [0.15, 0.2) is 0 Å². The van der Waals surface area contributed by atoms with Gasteiger partial charge < -0.3 is 0 Å². The van der Waals surface area contributed by atoms with Crippen LogP contribution in [0.1, 0.15) is 52.9 Å². The third kappa shape index (κ3) is 4.02. The molecule has 0 heterocycles. The highest BCUT2D eigenvalue weighted by Gasteiger charge is 2.30. The summed E-state index contributed by atoms with van der Waals surface area (Å²) in [4.78, 5) is 0.601. The molecule has 0 aliphatic heterocycles. The molecule has 0 bridgehead atoms. The Morgan fingerprint density at radius 3 is 2.38 bits per heavy atom. The first-order valence-corrected chi connectivity index (χ1v) is 8.65. The van der Waals surface area contributed by atoms with Gasteiger partial charge in [0.2, 0.25) is 0 Å². The maximum absolute atomic E-state index is 12.0. The van der Waals surface area contributed by atoms with E-state index in [2.05, 4.69) is 15.9 Å². The van der Waals surface area contributed by atoms with E-state index in [1.165, 1.54) is 19.3 Å². The fourth-order valence-electron chi connectivity index (χ4n) is 2.12. The maximum Gasteiger partial charge on any atom is 0.155 e. The lowest BCUT2D eigenvalue weighted by atomic mass is 9.87. The quantitative estimate of drug-likeness (QED) is 0.747. The van der Waals surface area contributed by atoms with Crippen molar-refractivity contribution in [3.05, 3.63) is 0 Å². The summed E-state index contributed by atoms with van der Waals surface area (Å²) in [5.74, 6) is 0.941.